The molecule has 4 heteroatoms. The first-order valence-corrected chi connectivity index (χ1v) is 5.28. The third-order valence-corrected chi connectivity index (χ3v) is 2.97. The van der Waals surface area contributed by atoms with Crippen molar-refractivity contribution in [1.82, 2.24) is 0 Å². The molecule has 0 unspecified atom stereocenters. The molecule has 0 spiro atoms. The fourth-order valence-corrected chi connectivity index (χ4v) is 1.77. The Morgan fingerprint density at radius 1 is 1.31 bits per heavy atom. The summed E-state index contributed by atoms with van der Waals surface area (Å²) >= 11 is 5.80. The van der Waals surface area contributed by atoms with Crippen molar-refractivity contribution in [3.63, 3.8) is 0 Å². The zero-order valence-corrected chi connectivity index (χ0v) is 9.91. The summed E-state index contributed by atoms with van der Waals surface area (Å²) in [7, 11) is 0. The predicted molar refractivity (Wildman–Crippen MR) is 63.6 cm³/mol. The molecule has 1 aromatic carbocycles. The quantitative estimate of drug-likeness (QED) is 0.747. The highest BCUT2D eigenvalue weighted by Gasteiger charge is 2.44. The third kappa shape index (κ3) is 1.57. The van der Waals surface area contributed by atoms with Crippen LogP contribution < -0.4 is 4.90 Å². The lowest BCUT2D eigenvalue weighted by Crippen LogP contribution is -2.41. The Labute approximate surface area is 99.3 Å². The molecule has 0 saturated carbocycles. The monoisotopic (exact) mass is 237 g/mol. The van der Waals surface area contributed by atoms with E-state index in [0.717, 1.165) is 5.69 Å². The van der Waals surface area contributed by atoms with Crippen molar-refractivity contribution >= 4 is 23.4 Å². The fourth-order valence-electron chi connectivity index (χ4n) is 1.65. The normalized spacial score (nSPS) is 18.8. The topological polar surface area (TPSA) is 29.5 Å². The molecular formula is C12H12ClNO2. The number of nitrogens with zero attached hydrogens (tertiary/aromatic N) is 1. The lowest BCUT2D eigenvalue weighted by atomic mass is 10.0. The van der Waals surface area contributed by atoms with Gasteiger partial charge in [0.2, 0.25) is 0 Å². The lowest BCUT2D eigenvalue weighted by Gasteiger charge is -2.28. The van der Waals surface area contributed by atoms with Crippen molar-refractivity contribution in [3.05, 3.63) is 41.6 Å². The van der Waals surface area contributed by atoms with Crippen LogP contribution in [-0.2, 0) is 4.74 Å². The van der Waals surface area contributed by atoms with Crippen molar-refractivity contribution in [1.29, 1.82) is 0 Å². The maximum atomic E-state index is 11.7. The highest BCUT2D eigenvalue weighted by atomic mass is 35.5. The molecule has 1 amide bonds. The van der Waals surface area contributed by atoms with Gasteiger partial charge in [-0.25, -0.2) is 4.79 Å². The molecule has 1 heterocycles. The van der Waals surface area contributed by atoms with Gasteiger partial charge in [-0.2, -0.15) is 0 Å². The van der Waals surface area contributed by atoms with Crippen molar-refractivity contribution < 1.29 is 9.53 Å². The van der Waals surface area contributed by atoms with E-state index in [-0.39, 0.29) is 0 Å². The summed E-state index contributed by atoms with van der Waals surface area (Å²) in [5.41, 5.74) is 0.211. The SMILES string of the molecule is C=C1OC(=O)N(c2ccc(Cl)cc2)C1(C)C. The zero-order chi connectivity index (χ0) is 11.9. The van der Waals surface area contributed by atoms with E-state index in [1.807, 2.05) is 13.8 Å². The average molecular weight is 238 g/mol. The second-order valence-electron chi connectivity index (χ2n) is 4.16. The highest BCUT2D eigenvalue weighted by molar-refractivity contribution is 6.30. The van der Waals surface area contributed by atoms with Gasteiger partial charge in [0.1, 0.15) is 11.3 Å². The van der Waals surface area contributed by atoms with Crippen LogP contribution in [0.1, 0.15) is 13.8 Å². The van der Waals surface area contributed by atoms with Crippen molar-refractivity contribution in [2.24, 2.45) is 0 Å². The number of hydrogen-bond acceptors (Lipinski definition) is 2. The molecule has 0 N–H and O–H groups in total. The number of carbonyl (C=O) groups excluding carboxylic acids is 1. The second-order valence-corrected chi connectivity index (χ2v) is 4.60. The number of cyclic esters (lactones) is 1. The molecule has 0 aliphatic carbocycles. The molecule has 0 radical (unpaired) electrons. The van der Waals surface area contributed by atoms with Gasteiger partial charge in [-0.3, -0.25) is 4.90 Å². The van der Waals surface area contributed by atoms with Crippen LogP contribution in [0.3, 0.4) is 0 Å². The van der Waals surface area contributed by atoms with E-state index in [2.05, 4.69) is 6.58 Å². The van der Waals surface area contributed by atoms with Gasteiger partial charge >= 0.3 is 6.09 Å². The molecule has 1 aromatic rings. The third-order valence-electron chi connectivity index (χ3n) is 2.72. The van der Waals surface area contributed by atoms with Crippen LogP contribution in [0, 0.1) is 0 Å². The summed E-state index contributed by atoms with van der Waals surface area (Å²) < 4.78 is 5.03. The van der Waals surface area contributed by atoms with Gasteiger partial charge in [-0.15, -0.1) is 0 Å². The minimum atomic E-state index is -0.537. The molecule has 0 atom stereocenters. The van der Waals surface area contributed by atoms with Crippen molar-refractivity contribution in [3.8, 4) is 0 Å². The summed E-state index contributed by atoms with van der Waals surface area (Å²) in [5.74, 6) is 0.451. The number of rotatable bonds is 1. The Hall–Kier alpha value is -1.48. The van der Waals surface area contributed by atoms with E-state index in [1.165, 1.54) is 0 Å². The first-order chi connectivity index (χ1) is 7.43. The van der Waals surface area contributed by atoms with Gasteiger partial charge in [-0.1, -0.05) is 18.2 Å². The Bertz CT molecular complexity index is 451. The Balaban J connectivity index is 2.44. The maximum absolute atomic E-state index is 11.7. The first kappa shape index (κ1) is 11.0. The van der Waals surface area contributed by atoms with E-state index in [1.54, 1.807) is 29.2 Å². The van der Waals surface area contributed by atoms with E-state index in [0.29, 0.717) is 10.8 Å². The van der Waals surface area contributed by atoms with Gasteiger partial charge < -0.3 is 4.74 Å². The molecule has 2 rings (SSSR count). The molecule has 84 valence electrons. The molecule has 0 aromatic heterocycles. The van der Waals surface area contributed by atoms with Crippen LogP contribution in [0.2, 0.25) is 5.02 Å². The van der Waals surface area contributed by atoms with Gasteiger partial charge in [0.05, 0.1) is 0 Å². The first-order valence-electron chi connectivity index (χ1n) is 4.90. The Morgan fingerprint density at radius 2 is 1.88 bits per heavy atom. The van der Waals surface area contributed by atoms with E-state index in [4.69, 9.17) is 16.3 Å². The minimum absolute atomic E-state index is 0.405. The smallest absolute Gasteiger partial charge is 0.413 e. The highest BCUT2D eigenvalue weighted by Crippen LogP contribution is 2.36. The van der Waals surface area contributed by atoms with Crippen molar-refractivity contribution in [2.45, 2.75) is 19.4 Å². The van der Waals surface area contributed by atoms with E-state index >= 15 is 0 Å². The Morgan fingerprint density at radius 3 is 2.31 bits per heavy atom. The largest absolute Gasteiger partial charge is 0.420 e. The van der Waals surface area contributed by atoms with Crippen molar-refractivity contribution in [2.75, 3.05) is 4.90 Å². The summed E-state index contributed by atoms with van der Waals surface area (Å²) in [6.07, 6.45) is -0.405. The van der Waals surface area contributed by atoms with Crippen LogP contribution in [0.4, 0.5) is 10.5 Å². The van der Waals surface area contributed by atoms with E-state index in [9.17, 15) is 4.79 Å². The molecule has 1 aliphatic heterocycles. The fraction of sp³-hybridized carbons (Fsp3) is 0.250. The van der Waals surface area contributed by atoms with Gasteiger partial charge in [0.15, 0.2) is 0 Å². The molecule has 1 saturated heterocycles. The van der Waals surface area contributed by atoms with Crippen LogP contribution in [-0.4, -0.2) is 11.6 Å². The summed E-state index contributed by atoms with van der Waals surface area (Å²) in [6, 6.07) is 7.04. The van der Waals surface area contributed by atoms with Crippen LogP contribution in [0.25, 0.3) is 0 Å². The zero-order valence-electron chi connectivity index (χ0n) is 9.16. The number of carbonyl (C=O) groups is 1. The number of halogens is 1. The number of benzene rings is 1. The number of hydrogen-bond donors (Lipinski definition) is 0. The standard InChI is InChI=1S/C12H12ClNO2/c1-8-12(2,3)14(11(15)16-8)10-6-4-9(13)5-7-10/h4-7H,1H2,2-3H3. The van der Waals surface area contributed by atoms with Gasteiger partial charge in [-0.05, 0) is 38.1 Å². The van der Waals surface area contributed by atoms with Crippen LogP contribution in [0.5, 0.6) is 0 Å². The average Bonchev–Trinajstić information content (AvgIpc) is 2.39. The summed E-state index contributed by atoms with van der Waals surface area (Å²) in [5, 5.41) is 0.632. The Kier molecular flexibility index (Phi) is 2.43. The molecule has 1 fully saturated rings. The summed E-state index contributed by atoms with van der Waals surface area (Å²) in [4.78, 5) is 13.3. The molecular weight excluding hydrogens is 226 g/mol. The summed E-state index contributed by atoms with van der Waals surface area (Å²) in [6.45, 7) is 7.51. The molecule has 3 nitrogen and oxygen atoms in total. The predicted octanol–water partition coefficient (Wildman–Crippen LogP) is 3.59. The molecule has 16 heavy (non-hydrogen) atoms. The lowest BCUT2D eigenvalue weighted by molar-refractivity contribution is 0.198. The number of ether oxygens (including phenoxy) is 1. The molecule has 1 aliphatic rings. The number of anilines is 1. The molecule has 0 bridgehead atoms. The van der Waals surface area contributed by atoms with Gasteiger partial charge in [0, 0.05) is 10.7 Å². The van der Waals surface area contributed by atoms with Crippen LogP contribution in [0.15, 0.2) is 36.6 Å². The van der Waals surface area contributed by atoms with Gasteiger partial charge in [0.25, 0.3) is 0 Å². The van der Waals surface area contributed by atoms with E-state index < -0.39 is 11.6 Å². The maximum Gasteiger partial charge on any atom is 0.420 e. The minimum Gasteiger partial charge on any atom is -0.413 e. The number of amides is 1. The van der Waals surface area contributed by atoms with Crippen LogP contribution >= 0.6 is 11.6 Å². The second kappa shape index (κ2) is 3.52.